The van der Waals surface area contributed by atoms with Gasteiger partial charge < -0.3 is 25.6 Å². The standard InChI is InChI=1S/C18H20N2O5/c1-12-2-4-16(5-3-12)25-11-17(23)19-6-7-20-18(24)13-8-14(21)10-15(22)9-13/h2-5,8-10,21-22H,6-7,11H2,1H3,(H,19,23)(H,20,24). The van der Waals surface area contributed by atoms with Gasteiger partial charge in [-0.25, -0.2) is 0 Å². The lowest BCUT2D eigenvalue weighted by atomic mass is 10.2. The second-order valence-corrected chi connectivity index (χ2v) is 5.45. The van der Waals surface area contributed by atoms with Gasteiger partial charge in [-0.1, -0.05) is 17.7 Å². The number of hydrogen-bond acceptors (Lipinski definition) is 5. The first kappa shape index (κ1) is 18.1. The summed E-state index contributed by atoms with van der Waals surface area (Å²) < 4.78 is 5.34. The molecule has 0 unspecified atom stereocenters. The summed E-state index contributed by atoms with van der Waals surface area (Å²) in [4.78, 5) is 23.5. The molecule has 0 bridgehead atoms. The Labute approximate surface area is 145 Å². The van der Waals surface area contributed by atoms with Crippen molar-refractivity contribution in [3.05, 3.63) is 53.6 Å². The highest BCUT2D eigenvalue weighted by Gasteiger charge is 2.08. The third kappa shape index (κ3) is 6.06. The predicted octanol–water partition coefficient (Wildman–Crippen LogP) is 1.33. The van der Waals surface area contributed by atoms with E-state index in [1.807, 2.05) is 19.1 Å². The fraction of sp³-hybridized carbons (Fsp3) is 0.222. The molecule has 4 N–H and O–H groups in total. The molecular weight excluding hydrogens is 324 g/mol. The molecule has 0 heterocycles. The van der Waals surface area contributed by atoms with Crippen LogP contribution in [0, 0.1) is 6.92 Å². The summed E-state index contributed by atoms with van der Waals surface area (Å²) in [6, 6.07) is 11.0. The van der Waals surface area contributed by atoms with Crippen LogP contribution in [0.2, 0.25) is 0 Å². The predicted molar refractivity (Wildman–Crippen MR) is 91.8 cm³/mol. The lowest BCUT2D eigenvalue weighted by Gasteiger charge is -2.09. The number of phenols is 2. The number of rotatable bonds is 7. The largest absolute Gasteiger partial charge is 0.508 e. The van der Waals surface area contributed by atoms with E-state index in [0.717, 1.165) is 11.6 Å². The van der Waals surface area contributed by atoms with E-state index in [9.17, 15) is 19.8 Å². The highest BCUT2D eigenvalue weighted by molar-refractivity contribution is 5.95. The van der Waals surface area contributed by atoms with Crippen LogP contribution in [0.15, 0.2) is 42.5 Å². The van der Waals surface area contributed by atoms with Gasteiger partial charge in [0.2, 0.25) is 0 Å². The smallest absolute Gasteiger partial charge is 0.258 e. The van der Waals surface area contributed by atoms with Crippen molar-refractivity contribution < 1.29 is 24.5 Å². The van der Waals surface area contributed by atoms with Crippen LogP contribution < -0.4 is 15.4 Å². The van der Waals surface area contributed by atoms with E-state index in [2.05, 4.69) is 10.6 Å². The van der Waals surface area contributed by atoms with Crippen LogP contribution >= 0.6 is 0 Å². The van der Waals surface area contributed by atoms with Gasteiger partial charge in [0.05, 0.1) is 0 Å². The van der Waals surface area contributed by atoms with E-state index in [1.54, 1.807) is 12.1 Å². The number of amides is 2. The molecule has 0 fully saturated rings. The molecule has 0 saturated carbocycles. The van der Waals surface area contributed by atoms with E-state index in [1.165, 1.54) is 12.1 Å². The average Bonchev–Trinajstić information content (AvgIpc) is 2.57. The van der Waals surface area contributed by atoms with Gasteiger partial charge in [0.15, 0.2) is 6.61 Å². The van der Waals surface area contributed by atoms with Gasteiger partial charge >= 0.3 is 0 Å². The fourth-order valence-corrected chi connectivity index (χ4v) is 2.04. The van der Waals surface area contributed by atoms with Crippen molar-refractivity contribution in [1.82, 2.24) is 10.6 Å². The third-order valence-electron chi connectivity index (χ3n) is 3.29. The molecular formula is C18H20N2O5. The molecule has 0 atom stereocenters. The van der Waals surface area contributed by atoms with Gasteiger partial charge in [0, 0.05) is 24.7 Å². The Hall–Kier alpha value is -3.22. The molecule has 2 aromatic rings. The van der Waals surface area contributed by atoms with Crippen LogP contribution in [0.5, 0.6) is 17.2 Å². The van der Waals surface area contributed by atoms with Gasteiger partial charge in [-0.05, 0) is 31.2 Å². The molecule has 2 amide bonds. The third-order valence-corrected chi connectivity index (χ3v) is 3.29. The van der Waals surface area contributed by atoms with Gasteiger partial charge in [0.1, 0.15) is 17.2 Å². The van der Waals surface area contributed by atoms with Crippen LogP contribution in [0.25, 0.3) is 0 Å². The Morgan fingerprint density at radius 3 is 2.20 bits per heavy atom. The van der Waals surface area contributed by atoms with Gasteiger partial charge in [-0.3, -0.25) is 9.59 Å². The second-order valence-electron chi connectivity index (χ2n) is 5.45. The minimum absolute atomic E-state index is 0.114. The molecule has 25 heavy (non-hydrogen) atoms. The molecule has 0 saturated heterocycles. The summed E-state index contributed by atoms with van der Waals surface area (Å²) in [6.45, 7) is 2.28. The van der Waals surface area contributed by atoms with E-state index in [-0.39, 0.29) is 42.7 Å². The minimum atomic E-state index is -0.462. The molecule has 7 nitrogen and oxygen atoms in total. The minimum Gasteiger partial charge on any atom is -0.508 e. The maximum absolute atomic E-state index is 11.9. The Balaban J connectivity index is 1.67. The fourth-order valence-electron chi connectivity index (χ4n) is 2.04. The number of aromatic hydroxyl groups is 2. The second kappa shape index (κ2) is 8.58. The quantitative estimate of drug-likeness (QED) is 0.567. The van der Waals surface area contributed by atoms with Crippen molar-refractivity contribution in [3.8, 4) is 17.2 Å². The van der Waals surface area contributed by atoms with Crippen molar-refractivity contribution >= 4 is 11.8 Å². The molecule has 0 spiro atoms. The molecule has 0 aromatic heterocycles. The lowest BCUT2D eigenvalue weighted by molar-refractivity contribution is -0.123. The van der Waals surface area contributed by atoms with E-state index in [0.29, 0.717) is 5.75 Å². The summed E-state index contributed by atoms with van der Waals surface area (Å²) in [5.74, 6) is -0.558. The van der Waals surface area contributed by atoms with Crippen molar-refractivity contribution in [2.24, 2.45) is 0 Å². The van der Waals surface area contributed by atoms with Crippen LogP contribution in [-0.4, -0.2) is 41.7 Å². The van der Waals surface area contributed by atoms with Gasteiger partial charge in [-0.15, -0.1) is 0 Å². The van der Waals surface area contributed by atoms with E-state index >= 15 is 0 Å². The van der Waals surface area contributed by atoms with Crippen LogP contribution in [0.3, 0.4) is 0 Å². The zero-order valence-corrected chi connectivity index (χ0v) is 13.8. The molecule has 0 aliphatic carbocycles. The van der Waals surface area contributed by atoms with Crippen molar-refractivity contribution in [2.45, 2.75) is 6.92 Å². The first-order valence-electron chi connectivity index (χ1n) is 7.71. The number of hydrogen-bond donors (Lipinski definition) is 4. The Kier molecular flexibility index (Phi) is 6.22. The van der Waals surface area contributed by atoms with Crippen LogP contribution in [0.1, 0.15) is 15.9 Å². The molecule has 7 heteroatoms. The number of ether oxygens (including phenoxy) is 1. The number of nitrogens with one attached hydrogen (secondary N) is 2. The number of carbonyl (C=O) groups is 2. The Morgan fingerprint density at radius 1 is 0.960 bits per heavy atom. The van der Waals surface area contributed by atoms with Crippen molar-refractivity contribution in [1.29, 1.82) is 0 Å². The average molecular weight is 344 g/mol. The summed E-state index contributed by atoms with van der Waals surface area (Å²) in [5, 5.41) is 23.9. The highest BCUT2D eigenvalue weighted by Crippen LogP contribution is 2.20. The van der Waals surface area contributed by atoms with E-state index < -0.39 is 5.91 Å². The maximum Gasteiger partial charge on any atom is 0.258 e. The SMILES string of the molecule is Cc1ccc(OCC(=O)NCCNC(=O)c2cc(O)cc(O)c2)cc1. The summed E-state index contributed by atoms with van der Waals surface area (Å²) in [6.07, 6.45) is 0. The first-order chi connectivity index (χ1) is 11.9. The van der Waals surface area contributed by atoms with Gasteiger partial charge in [-0.2, -0.15) is 0 Å². The molecule has 2 aromatic carbocycles. The Morgan fingerprint density at radius 2 is 1.56 bits per heavy atom. The molecule has 0 aliphatic heterocycles. The number of phenolic OH excluding ortho intramolecular Hbond substituents is 2. The zero-order chi connectivity index (χ0) is 18.2. The number of aryl methyl sites for hydroxylation is 1. The van der Waals surface area contributed by atoms with Crippen molar-refractivity contribution in [2.75, 3.05) is 19.7 Å². The highest BCUT2D eigenvalue weighted by atomic mass is 16.5. The molecule has 132 valence electrons. The molecule has 0 aliphatic rings. The first-order valence-corrected chi connectivity index (χ1v) is 7.71. The number of carbonyl (C=O) groups excluding carboxylic acids is 2. The maximum atomic E-state index is 11.9. The number of benzene rings is 2. The molecule has 0 radical (unpaired) electrons. The normalized spacial score (nSPS) is 10.1. The lowest BCUT2D eigenvalue weighted by Crippen LogP contribution is -2.36. The monoisotopic (exact) mass is 344 g/mol. The van der Waals surface area contributed by atoms with E-state index in [4.69, 9.17) is 4.74 Å². The van der Waals surface area contributed by atoms with Crippen molar-refractivity contribution in [3.63, 3.8) is 0 Å². The molecule has 2 rings (SSSR count). The topological polar surface area (TPSA) is 108 Å². The Bertz CT molecular complexity index is 723. The van der Waals surface area contributed by atoms with Gasteiger partial charge in [0.25, 0.3) is 11.8 Å². The van der Waals surface area contributed by atoms with Crippen LogP contribution in [0.4, 0.5) is 0 Å². The zero-order valence-electron chi connectivity index (χ0n) is 13.8. The summed E-state index contributed by atoms with van der Waals surface area (Å²) in [7, 11) is 0. The summed E-state index contributed by atoms with van der Waals surface area (Å²) in [5.41, 5.74) is 1.24. The summed E-state index contributed by atoms with van der Waals surface area (Å²) >= 11 is 0. The van der Waals surface area contributed by atoms with Crippen LogP contribution in [-0.2, 0) is 4.79 Å².